The Balaban J connectivity index is 1.31. The van der Waals surface area contributed by atoms with Gasteiger partial charge in [-0.25, -0.2) is 4.79 Å². The average molecular weight is 467 g/mol. The first-order valence-corrected chi connectivity index (χ1v) is 10.9. The van der Waals surface area contributed by atoms with Crippen LogP contribution in [0.3, 0.4) is 0 Å². The van der Waals surface area contributed by atoms with E-state index < -0.39 is 17.5 Å². The van der Waals surface area contributed by atoms with Gasteiger partial charge in [-0.05, 0) is 54.3 Å². The van der Waals surface area contributed by atoms with Crippen LogP contribution < -0.4 is 24.3 Å². The number of fused-ring (bicyclic) bond motifs is 2. The normalized spacial score (nSPS) is 20.8. The molecule has 0 radical (unpaired) electrons. The Labute approximate surface area is 196 Å². The van der Waals surface area contributed by atoms with E-state index >= 15 is 0 Å². The van der Waals surface area contributed by atoms with Crippen molar-refractivity contribution in [3.05, 3.63) is 47.0 Å². The highest BCUT2D eigenvalue weighted by Crippen LogP contribution is 2.38. The van der Waals surface area contributed by atoms with E-state index in [9.17, 15) is 14.4 Å². The summed E-state index contributed by atoms with van der Waals surface area (Å²) in [5.41, 5.74) is 1.27. The zero-order valence-corrected chi connectivity index (χ0v) is 19.2. The molecule has 0 aliphatic carbocycles. The number of ether oxygens (including phenoxy) is 4. The number of benzene rings is 2. The fourth-order valence-electron chi connectivity index (χ4n) is 4.58. The maximum absolute atomic E-state index is 13.3. The quantitative estimate of drug-likeness (QED) is 0.668. The molecule has 10 heteroatoms. The lowest BCUT2D eigenvalue weighted by Crippen LogP contribution is -2.45. The summed E-state index contributed by atoms with van der Waals surface area (Å²) in [6.45, 7) is 2.22. The van der Waals surface area contributed by atoms with E-state index in [0.29, 0.717) is 48.1 Å². The van der Waals surface area contributed by atoms with Crippen LogP contribution in [0.1, 0.15) is 23.6 Å². The van der Waals surface area contributed by atoms with Gasteiger partial charge in [-0.2, -0.15) is 0 Å². The lowest BCUT2D eigenvalue weighted by molar-refractivity contribution is -0.139. The van der Waals surface area contributed by atoms with Gasteiger partial charge < -0.3 is 29.2 Å². The molecule has 0 unspecified atom stereocenters. The van der Waals surface area contributed by atoms with Crippen molar-refractivity contribution in [3.63, 3.8) is 0 Å². The SMILES string of the molecule is COc1cc2c(cc1OC)CN(C(=O)CN1C(=O)N[C@](C)(c3ccc4c(c3)OCO4)C1=O)CC2. The summed E-state index contributed by atoms with van der Waals surface area (Å²) in [6, 6.07) is 8.25. The summed E-state index contributed by atoms with van der Waals surface area (Å²) in [5, 5.41) is 2.73. The van der Waals surface area contributed by atoms with Gasteiger partial charge in [-0.3, -0.25) is 14.5 Å². The van der Waals surface area contributed by atoms with Crippen LogP contribution in [0.5, 0.6) is 23.0 Å². The van der Waals surface area contributed by atoms with Crippen LogP contribution >= 0.6 is 0 Å². The van der Waals surface area contributed by atoms with Crippen molar-refractivity contribution < 1.29 is 33.3 Å². The zero-order valence-electron chi connectivity index (χ0n) is 19.2. The first-order chi connectivity index (χ1) is 16.3. The zero-order chi connectivity index (χ0) is 24.0. The smallest absolute Gasteiger partial charge is 0.325 e. The summed E-state index contributed by atoms with van der Waals surface area (Å²) >= 11 is 0. The van der Waals surface area contributed by atoms with Crippen molar-refractivity contribution in [3.8, 4) is 23.0 Å². The molecule has 34 heavy (non-hydrogen) atoms. The Morgan fingerprint density at radius 2 is 1.76 bits per heavy atom. The minimum absolute atomic E-state index is 0.105. The molecule has 0 spiro atoms. The van der Waals surface area contributed by atoms with Gasteiger partial charge in [-0.15, -0.1) is 0 Å². The number of imide groups is 1. The van der Waals surface area contributed by atoms with E-state index in [1.807, 2.05) is 12.1 Å². The maximum atomic E-state index is 13.3. The minimum Gasteiger partial charge on any atom is -0.493 e. The number of methoxy groups -OCH3 is 2. The molecule has 1 saturated heterocycles. The van der Waals surface area contributed by atoms with Crippen molar-refractivity contribution in [2.24, 2.45) is 0 Å². The Bertz CT molecular complexity index is 1200. The van der Waals surface area contributed by atoms with Crippen LogP contribution in [0, 0.1) is 0 Å². The number of hydrogen-bond acceptors (Lipinski definition) is 7. The monoisotopic (exact) mass is 467 g/mol. The van der Waals surface area contributed by atoms with E-state index in [1.54, 1.807) is 44.2 Å². The van der Waals surface area contributed by atoms with Gasteiger partial charge in [0.05, 0.1) is 14.2 Å². The number of carbonyl (C=O) groups is 3. The van der Waals surface area contributed by atoms with Crippen molar-refractivity contribution in [1.29, 1.82) is 0 Å². The van der Waals surface area contributed by atoms with Gasteiger partial charge in [-0.1, -0.05) is 6.07 Å². The number of nitrogens with one attached hydrogen (secondary N) is 1. The van der Waals surface area contributed by atoms with Crippen molar-refractivity contribution in [2.75, 3.05) is 34.1 Å². The predicted molar refractivity (Wildman–Crippen MR) is 119 cm³/mol. The second-order valence-electron chi connectivity index (χ2n) is 8.56. The Morgan fingerprint density at radius 1 is 1.06 bits per heavy atom. The molecule has 0 aromatic heterocycles. The highest BCUT2D eigenvalue weighted by Gasteiger charge is 2.50. The molecule has 0 saturated carbocycles. The van der Waals surface area contributed by atoms with Crippen molar-refractivity contribution >= 4 is 17.8 Å². The number of carbonyl (C=O) groups excluding carboxylic acids is 3. The number of nitrogens with zero attached hydrogens (tertiary/aromatic N) is 2. The minimum atomic E-state index is -1.31. The van der Waals surface area contributed by atoms with Crippen LogP contribution in [-0.4, -0.2) is 61.7 Å². The molecule has 3 aliphatic heterocycles. The first kappa shape index (κ1) is 21.9. The first-order valence-electron chi connectivity index (χ1n) is 10.9. The third-order valence-corrected chi connectivity index (χ3v) is 6.59. The van der Waals surface area contributed by atoms with Gasteiger partial charge in [0, 0.05) is 13.1 Å². The topological polar surface area (TPSA) is 107 Å². The van der Waals surface area contributed by atoms with Crippen LogP contribution in [0.2, 0.25) is 0 Å². The fourth-order valence-corrected chi connectivity index (χ4v) is 4.58. The summed E-state index contributed by atoms with van der Waals surface area (Å²) in [5.74, 6) is 1.52. The van der Waals surface area contributed by atoms with Gasteiger partial charge >= 0.3 is 6.03 Å². The summed E-state index contributed by atoms with van der Waals surface area (Å²) in [7, 11) is 3.14. The van der Waals surface area contributed by atoms with E-state index in [-0.39, 0.29) is 19.2 Å². The lowest BCUT2D eigenvalue weighted by Gasteiger charge is -2.30. The van der Waals surface area contributed by atoms with E-state index in [0.717, 1.165) is 16.0 Å². The molecule has 10 nitrogen and oxygen atoms in total. The number of rotatable bonds is 5. The molecular weight excluding hydrogens is 442 g/mol. The molecule has 3 heterocycles. The van der Waals surface area contributed by atoms with Gasteiger partial charge in [0.2, 0.25) is 12.7 Å². The molecule has 0 bridgehead atoms. The Kier molecular flexibility index (Phi) is 5.22. The van der Waals surface area contributed by atoms with Gasteiger partial charge in [0.25, 0.3) is 5.91 Å². The third kappa shape index (κ3) is 3.46. The van der Waals surface area contributed by atoms with Gasteiger partial charge in [0.1, 0.15) is 12.1 Å². The molecule has 1 N–H and O–H groups in total. The van der Waals surface area contributed by atoms with Crippen molar-refractivity contribution in [2.45, 2.75) is 25.4 Å². The van der Waals surface area contributed by atoms with E-state index in [1.165, 1.54) is 0 Å². The molecule has 3 aliphatic rings. The summed E-state index contributed by atoms with van der Waals surface area (Å²) < 4.78 is 21.5. The molecular formula is C24H25N3O7. The number of hydrogen-bond donors (Lipinski definition) is 1. The molecule has 178 valence electrons. The Morgan fingerprint density at radius 3 is 2.50 bits per heavy atom. The second-order valence-corrected chi connectivity index (χ2v) is 8.56. The van der Waals surface area contributed by atoms with E-state index in [4.69, 9.17) is 18.9 Å². The largest absolute Gasteiger partial charge is 0.493 e. The number of amides is 4. The second kappa shape index (κ2) is 8.12. The lowest BCUT2D eigenvalue weighted by atomic mass is 9.91. The summed E-state index contributed by atoms with van der Waals surface area (Å²) in [6.07, 6.45) is 0.635. The van der Waals surface area contributed by atoms with Gasteiger partial charge in [0.15, 0.2) is 23.0 Å². The molecule has 5 rings (SSSR count). The van der Waals surface area contributed by atoms with Crippen LogP contribution in [-0.2, 0) is 28.1 Å². The Hall–Kier alpha value is -3.95. The fraction of sp³-hybridized carbons (Fsp3) is 0.375. The molecule has 4 amide bonds. The summed E-state index contributed by atoms with van der Waals surface area (Å²) in [4.78, 5) is 41.7. The highest BCUT2D eigenvalue weighted by atomic mass is 16.7. The standard InChI is InChI=1S/C24H25N3O7/c1-24(16-4-5-17-20(10-16)34-13-33-17)22(29)27(23(30)25-24)12-21(28)26-7-6-14-8-18(31-2)19(32-3)9-15(14)11-26/h4-5,8-10H,6-7,11-13H2,1-3H3,(H,25,30)/t24-/m1/s1. The van der Waals surface area contributed by atoms with Crippen LogP contribution in [0.4, 0.5) is 4.79 Å². The third-order valence-electron chi connectivity index (χ3n) is 6.59. The van der Waals surface area contributed by atoms with Crippen LogP contribution in [0.15, 0.2) is 30.3 Å². The molecule has 1 atom stereocenters. The average Bonchev–Trinajstić information content (AvgIpc) is 3.40. The molecule has 2 aromatic carbocycles. The van der Waals surface area contributed by atoms with E-state index in [2.05, 4.69) is 5.32 Å². The molecule has 2 aromatic rings. The predicted octanol–water partition coefficient (Wildman–Crippen LogP) is 1.78. The number of urea groups is 1. The highest BCUT2D eigenvalue weighted by molar-refractivity contribution is 6.09. The molecule has 1 fully saturated rings. The van der Waals surface area contributed by atoms with Crippen LogP contribution in [0.25, 0.3) is 0 Å². The van der Waals surface area contributed by atoms with Crippen molar-refractivity contribution in [1.82, 2.24) is 15.1 Å². The maximum Gasteiger partial charge on any atom is 0.325 e.